The van der Waals surface area contributed by atoms with Crippen LogP contribution >= 0.6 is 0 Å². The molecule has 0 fully saturated rings. The van der Waals surface area contributed by atoms with Crippen LogP contribution < -0.4 is 5.32 Å². The topological polar surface area (TPSA) is 98.5 Å². The summed E-state index contributed by atoms with van der Waals surface area (Å²) in [6.45, 7) is 5.92. The van der Waals surface area contributed by atoms with Gasteiger partial charge in [-0.3, -0.25) is 4.79 Å². The third kappa shape index (κ3) is 4.48. The van der Waals surface area contributed by atoms with Gasteiger partial charge in [0.05, 0.1) is 17.4 Å². The maximum absolute atomic E-state index is 13.1. The first-order valence-electron chi connectivity index (χ1n) is 10.1. The number of nitrogens with zero attached hydrogens (tertiary/aromatic N) is 6. The molecule has 0 spiro atoms. The molecule has 0 bridgehead atoms. The zero-order chi connectivity index (χ0) is 21.8. The first-order chi connectivity index (χ1) is 15.0. The van der Waals surface area contributed by atoms with Gasteiger partial charge >= 0.3 is 0 Å². The highest BCUT2D eigenvalue weighted by molar-refractivity contribution is 5.96. The Morgan fingerprint density at radius 1 is 1.10 bits per heavy atom. The molecule has 0 aliphatic rings. The van der Waals surface area contributed by atoms with Gasteiger partial charge in [-0.15, -0.1) is 5.10 Å². The second-order valence-electron chi connectivity index (χ2n) is 7.32. The number of aromatic nitrogens is 6. The normalized spacial score (nSPS) is 11.8. The number of carbonyl (C=O) groups is 1. The van der Waals surface area contributed by atoms with Crippen LogP contribution in [0.3, 0.4) is 0 Å². The van der Waals surface area contributed by atoms with Crippen molar-refractivity contribution >= 4 is 5.91 Å². The van der Waals surface area contributed by atoms with Crippen LogP contribution in [0, 0.1) is 6.92 Å². The number of nitrogens with one attached hydrogen (secondary N) is 1. The Bertz CT molecular complexity index is 1190. The van der Waals surface area contributed by atoms with Crippen LogP contribution in [0.15, 0.2) is 61.1 Å². The third-order valence-electron chi connectivity index (χ3n) is 5.06. The molecule has 8 heteroatoms. The van der Waals surface area contributed by atoms with Gasteiger partial charge in [0.15, 0.2) is 5.82 Å². The van der Waals surface area contributed by atoms with Gasteiger partial charge in [0.1, 0.15) is 6.33 Å². The molecule has 4 rings (SSSR count). The van der Waals surface area contributed by atoms with Crippen molar-refractivity contribution in [2.24, 2.45) is 0 Å². The largest absolute Gasteiger partial charge is 0.344 e. The van der Waals surface area contributed by atoms with Crippen molar-refractivity contribution in [3.05, 3.63) is 83.7 Å². The summed E-state index contributed by atoms with van der Waals surface area (Å²) in [5.41, 5.74) is 5.09. The zero-order valence-electron chi connectivity index (χ0n) is 17.6. The van der Waals surface area contributed by atoms with Crippen LogP contribution in [0.4, 0.5) is 0 Å². The van der Waals surface area contributed by atoms with E-state index >= 15 is 0 Å². The van der Waals surface area contributed by atoms with Crippen molar-refractivity contribution < 1.29 is 4.79 Å². The van der Waals surface area contributed by atoms with Gasteiger partial charge < -0.3 is 5.32 Å². The quantitative estimate of drug-likeness (QED) is 0.520. The predicted octanol–water partition coefficient (Wildman–Crippen LogP) is 3.48. The number of carbonyl (C=O) groups excluding carboxylic acids is 1. The zero-order valence-corrected chi connectivity index (χ0v) is 17.6. The van der Waals surface area contributed by atoms with Gasteiger partial charge in [0.25, 0.3) is 5.91 Å². The fraction of sp³-hybridized carbons (Fsp3) is 0.217. The fourth-order valence-electron chi connectivity index (χ4n) is 3.31. The monoisotopic (exact) mass is 413 g/mol. The number of amides is 1. The highest BCUT2D eigenvalue weighted by atomic mass is 16.1. The molecular formula is C23H23N7O. The Morgan fingerprint density at radius 2 is 1.90 bits per heavy atom. The number of hydrogen-bond donors (Lipinski definition) is 1. The van der Waals surface area contributed by atoms with E-state index in [-0.39, 0.29) is 11.9 Å². The molecule has 2 aromatic heterocycles. The van der Waals surface area contributed by atoms with Crippen molar-refractivity contribution in [3.8, 4) is 16.8 Å². The van der Waals surface area contributed by atoms with E-state index in [2.05, 4.69) is 30.8 Å². The van der Waals surface area contributed by atoms with Crippen LogP contribution in [0.1, 0.15) is 47.3 Å². The lowest BCUT2D eigenvalue weighted by Crippen LogP contribution is -2.27. The maximum Gasteiger partial charge on any atom is 0.251 e. The van der Waals surface area contributed by atoms with Crippen molar-refractivity contribution in [1.82, 2.24) is 35.5 Å². The van der Waals surface area contributed by atoms with E-state index < -0.39 is 0 Å². The summed E-state index contributed by atoms with van der Waals surface area (Å²) >= 11 is 0. The van der Waals surface area contributed by atoms with E-state index in [1.807, 2.05) is 57.2 Å². The molecule has 0 radical (unpaired) electrons. The summed E-state index contributed by atoms with van der Waals surface area (Å²) in [4.78, 5) is 21.3. The standard InChI is InChI=1S/C23H23N7O/c1-4-22-27-28-29-30(22)20-12-18(17-7-5-15(2)6-8-17)11-19(13-20)23(31)26-16(3)21-9-10-24-14-25-21/h5-14,16H,4H2,1-3H3,(H,26,31)/t16-/m0/s1. The summed E-state index contributed by atoms with van der Waals surface area (Å²) < 4.78 is 1.67. The van der Waals surface area contributed by atoms with Gasteiger partial charge in [0.2, 0.25) is 0 Å². The molecule has 0 unspecified atom stereocenters. The van der Waals surface area contributed by atoms with E-state index in [0.29, 0.717) is 12.0 Å². The molecule has 0 saturated carbocycles. The molecular weight excluding hydrogens is 390 g/mol. The Hall–Kier alpha value is -3.94. The van der Waals surface area contributed by atoms with Crippen LogP contribution in [0.25, 0.3) is 16.8 Å². The lowest BCUT2D eigenvalue weighted by atomic mass is 10.0. The SMILES string of the molecule is CCc1nnnn1-c1cc(C(=O)N[C@@H](C)c2ccncn2)cc(-c2ccc(C)cc2)c1. The van der Waals surface area contributed by atoms with Crippen LogP contribution in [-0.2, 0) is 6.42 Å². The van der Waals surface area contributed by atoms with E-state index in [1.165, 1.54) is 11.9 Å². The van der Waals surface area contributed by atoms with Gasteiger partial charge in [-0.25, -0.2) is 9.97 Å². The Balaban J connectivity index is 1.74. The van der Waals surface area contributed by atoms with Gasteiger partial charge in [-0.05, 0) is 59.7 Å². The fourth-order valence-corrected chi connectivity index (χ4v) is 3.31. The molecule has 0 aliphatic heterocycles. The molecule has 8 nitrogen and oxygen atoms in total. The lowest BCUT2D eigenvalue weighted by molar-refractivity contribution is 0.0939. The smallest absolute Gasteiger partial charge is 0.251 e. The Labute approximate surface area is 180 Å². The predicted molar refractivity (Wildman–Crippen MR) is 117 cm³/mol. The van der Waals surface area contributed by atoms with E-state index in [4.69, 9.17) is 0 Å². The molecule has 1 amide bonds. The number of hydrogen-bond acceptors (Lipinski definition) is 6. The molecule has 2 aromatic carbocycles. The maximum atomic E-state index is 13.1. The second-order valence-corrected chi connectivity index (χ2v) is 7.32. The first-order valence-corrected chi connectivity index (χ1v) is 10.1. The summed E-state index contributed by atoms with van der Waals surface area (Å²) in [6.07, 6.45) is 3.80. The minimum atomic E-state index is -0.263. The van der Waals surface area contributed by atoms with Crippen LogP contribution in [-0.4, -0.2) is 36.1 Å². The summed E-state index contributed by atoms with van der Waals surface area (Å²) in [5, 5.41) is 15.0. The van der Waals surface area contributed by atoms with Crippen molar-refractivity contribution in [1.29, 1.82) is 0 Å². The van der Waals surface area contributed by atoms with E-state index in [1.54, 1.807) is 23.0 Å². The molecule has 0 saturated heterocycles. The van der Waals surface area contributed by atoms with Crippen molar-refractivity contribution in [2.45, 2.75) is 33.2 Å². The molecule has 1 atom stereocenters. The highest BCUT2D eigenvalue weighted by Crippen LogP contribution is 2.25. The van der Waals surface area contributed by atoms with Crippen molar-refractivity contribution in [2.75, 3.05) is 0 Å². The molecule has 4 aromatic rings. The summed E-state index contributed by atoms with van der Waals surface area (Å²) in [5.74, 6) is 0.522. The Kier molecular flexibility index (Phi) is 5.79. The van der Waals surface area contributed by atoms with E-state index in [0.717, 1.165) is 28.3 Å². The van der Waals surface area contributed by atoms with Crippen LogP contribution in [0.2, 0.25) is 0 Å². The van der Waals surface area contributed by atoms with Crippen LogP contribution in [0.5, 0.6) is 0 Å². The number of rotatable bonds is 6. The lowest BCUT2D eigenvalue weighted by Gasteiger charge is -2.15. The minimum absolute atomic E-state index is 0.201. The third-order valence-corrected chi connectivity index (χ3v) is 5.06. The van der Waals surface area contributed by atoms with Gasteiger partial charge in [0, 0.05) is 18.2 Å². The van der Waals surface area contributed by atoms with E-state index in [9.17, 15) is 4.79 Å². The molecule has 0 aliphatic carbocycles. The molecule has 31 heavy (non-hydrogen) atoms. The molecule has 156 valence electrons. The van der Waals surface area contributed by atoms with Crippen molar-refractivity contribution in [3.63, 3.8) is 0 Å². The number of aryl methyl sites for hydroxylation is 2. The highest BCUT2D eigenvalue weighted by Gasteiger charge is 2.16. The minimum Gasteiger partial charge on any atom is -0.344 e. The average molecular weight is 413 g/mol. The number of benzene rings is 2. The van der Waals surface area contributed by atoms with Gasteiger partial charge in [-0.2, -0.15) is 4.68 Å². The molecule has 2 heterocycles. The molecule has 1 N–H and O–H groups in total. The Morgan fingerprint density at radius 3 is 2.61 bits per heavy atom. The van der Waals surface area contributed by atoms with Gasteiger partial charge in [-0.1, -0.05) is 36.8 Å². The first kappa shape index (κ1) is 20.3. The number of tetrazole rings is 1. The second kappa shape index (κ2) is 8.83. The average Bonchev–Trinajstić information content (AvgIpc) is 3.29. The summed E-state index contributed by atoms with van der Waals surface area (Å²) in [7, 11) is 0. The summed E-state index contributed by atoms with van der Waals surface area (Å²) in [6, 6.07) is 15.4.